The molecule has 0 fully saturated rings. The molecule has 0 radical (unpaired) electrons. The first-order valence-corrected chi connectivity index (χ1v) is 8.13. The second-order valence-electron chi connectivity index (χ2n) is 5.92. The summed E-state index contributed by atoms with van der Waals surface area (Å²) in [4.78, 5) is 16.7. The molecule has 0 bridgehead atoms. The third-order valence-corrected chi connectivity index (χ3v) is 4.09. The summed E-state index contributed by atoms with van der Waals surface area (Å²) < 4.78 is 0. The fourth-order valence-corrected chi connectivity index (χ4v) is 2.63. The van der Waals surface area contributed by atoms with Gasteiger partial charge in [0.05, 0.1) is 11.5 Å². The molecule has 1 atom stereocenters. The lowest BCUT2D eigenvalue weighted by Crippen LogP contribution is -2.32. The van der Waals surface area contributed by atoms with E-state index in [1.807, 2.05) is 32.3 Å². The molecule has 0 unspecified atom stereocenters. The molecule has 0 aromatic heterocycles. The van der Waals surface area contributed by atoms with Gasteiger partial charge in [0, 0.05) is 28.9 Å². The number of phenols is 1. The molecule has 0 saturated heterocycles. The maximum atomic E-state index is 10.9. The van der Waals surface area contributed by atoms with Crippen LogP contribution in [0.4, 0.5) is 5.69 Å². The number of rotatable bonds is 7. The minimum Gasteiger partial charge on any atom is -0.502 e. The summed E-state index contributed by atoms with van der Waals surface area (Å²) in [6.07, 6.45) is 2.25. The van der Waals surface area contributed by atoms with Crippen LogP contribution in [0.25, 0.3) is 0 Å². The average Bonchev–Trinajstić information content (AvgIpc) is 2.57. The highest BCUT2D eigenvalue weighted by atomic mass is 35.5. The van der Waals surface area contributed by atoms with Gasteiger partial charge in [-0.05, 0) is 32.1 Å². The third-order valence-electron chi connectivity index (χ3n) is 3.87. The molecular formula is C18H20ClN3O3. The summed E-state index contributed by atoms with van der Waals surface area (Å²) in [6.45, 7) is 0.488. The molecule has 0 spiro atoms. The zero-order chi connectivity index (χ0) is 18.4. The van der Waals surface area contributed by atoms with Crippen molar-refractivity contribution >= 4 is 23.5 Å². The van der Waals surface area contributed by atoms with Gasteiger partial charge < -0.3 is 10.0 Å². The van der Waals surface area contributed by atoms with E-state index in [9.17, 15) is 15.2 Å². The van der Waals surface area contributed by atoms with Crippen LogP contribution >= 0.6 is 11.6 Å². The topological polar surface area (TPSA) is 79.0 Å². The number of benzene rings is 2. The van der Waals surface area contributed by atoms with E-state index in [-0.39, 0.29) is 16.6 Å². The summed E-state index contributed by atoms with van der Waals surface area (Å²) in [5.41, 5.74) is 1.01. The van der Waals surface area contributed by atoms with Gasteiger partial charge in [0.1, 0.15) is 0 Å². The Morgan fingerprint density at radius 2 is 2.00 bits per heavy atom. The van der Waals surface area contributed by atoms with Gasteiger partial charge in [-0.3, -0.25) is 15.1 Å². The van der Waals surface area contributed by atoms with E-state index in [1.54, 1.807) is 0 Å². The lowest BCUT2D eigenvalue weighted by atomic mass is 10.1. The van der Waals surface area contributed by atoms with Crippen LogP contribution in [0.2, 0.25) is 5.02 Å². The fourth-order valence-electron chi connectivity index (χ4n) is 2.41. The maximum absolute atomic E-state index is 10.9. The summed E-state index contributed by atoms with van der Waals surface area (Å²) >= 11 is 5.88. The number of hydrogen-bond acceptors (Lipinski definition) is 5. The van der Waals surface area contributed by atoms with Gasteiger partial charge in [-0.15, -0.1) is 0 Å². The van der Waals surface area contributed by atoms with Crippen molar-refractivity contribution < 1.29 is 10.0 Å². The van der Waals surface area contributed by atoms with Crippen molar-refractivity contribution in [2.24, 2.45) is 4.99 Å². The largest absolute Gasteiger partial charge is 0.502 e. The van der Waals surface area contributed by atoms with Crippen molar-refractivity contribution in [1.29, 1.82) is 0 Å². The molecule has 0 heterocycles. The van der Waals surface area contributed by atoms with Crippen molar-refractivity contribution in [3.05, 3.63) is 68.7 Å². The van der Waals surface area contributed by atoms with Gasteiger partial charge in [0.25, 0.3) is 0 Å². The van der Waals surface area contributed by atoms with E-state index in [2.05, 4.69) is 22.0 Å². The van der Waals surface area contributed by atoms with Gasteiger partial charge in [0.2, 0.25) is 5.75 Å². The molecule has 6 nitrogen and oxygen atoms in total. The van der Waals surface area contributed by atoms with Crippen molar-refractivity contribution in [3.63, 3.8) is 0 Å². The SMILES string of the molecule is CN(C)[C@@H](CN=Cc1cc(Cl)cc([N+](=O)[O-])c1O)Cc1ccccc1. The van der Waals surface area contributed by atoms with E-state index in [0.717, 1.165) is 12.5 Å². The van der Waals surface area contributed by atoms with Crippen LogP contribution in [-0.4, -0.2) is 47.8 Å². The quantitative estimate of drug-likeness (QED) is 0.464. The molecule has 7 heteroatoms. The molecule has 25 heavy (non-hydrogen) atoms. The Morgan fingerprint density at radius 3 is 2.60 bits per heavy atom. The molecule has 0 aliphatic heterocycles. The molecule has 0 saturated carbocycles. The smallest absolute Gasteiger partial charge is 0.312 e. The highest BCUT2D eigenvalue weighted by molar-refractivity contribution is 6.31. The van der Waals surface area contributed by atoms with Crippen LogP contribution in [0.1, 0.15) is 11.1 Å². The zero-order valence-corrected chi connectivity index (χ0v) is 14.8. The maximum Gasteiger partial charge on any atom is 0.312 e. The van der Waals surface area contributed by atoms with E-state index in [1.165, 1.54) is 17.8 Å². The summed E-state index contributed by atoms with van der Waals surface area (Å²) in [7, 11) is 3.95. The van der Waals surface area contributed by atoms with Crippen LogP contribution in [0.15, 0.2) is 47.5 Å². The Labute approximate surface area is 151 Å². The first-order valence-electron chi connectivity index (χ1n) is 7.75. The van der Waals surface area contributed by atoms with Gasteiger partial charge in [0.15, 0.2) is 0 Å². The molecule has 2 aromatic rings. The zero-order valence-electron chi connectivity index (χ0n) is 14.1. The van der Waals surface area contributed by atoms with Crippen molar-refractivity contribution in [3.8, 4) is 5.75 Å². The van der Waals surface area contributed by atoms with Crippen LogP contribution < -0.4 is 0 Å². The summed E-state index contributed by atoms with van der Waals surface area (Å²) in [6, 6.07) is 12.8. The lowest BCUT2D eigenvalue weighted by molar-refractivity contribution is -0.385. The third kappa shape index (κ3) is 5.27. The Hall–Kier alpha value is -2.44. The highest BCUT2D eigenvalue weighted by Gasteiger charge is 2.18. The summed E-state index contributed by atoms with van der Waals surface area (Å²) in [5, 5.41) is 21.1. The predicted octanol–water partition coefficient (Wildman–Crippen LogP) is 3.55. The second kappa shape index (κ2) is 8.60. The van der Waals surface area contributed by atoms with Gasteiger partial charge in [-0.25, -0.2) is 0 Å². The van der Waals surface area contributed by atoms with Crippen molar-refractivity contribution in [2.75, 3.05) is 20.6 Å². The van der Waals surface area contributed by atoms with Crippen LogP contribution in [0, 0.1) is 10.1 Å². The van der Waals surface area contributed by atoms with E-state index >= 15 is 0 Å². The second-order valence-corrected chi connectivity index (χ2v) is 6.36. The number of nitro benzene ring substituents is 1. The highest BCUT2D eigenvalue weighted by Crippen LogP contribution is 2.32. The average molecular weight is 362 g/mol. The number of phenolic OH excluding ortho intramolecular Hbond substituents is 1. The molecule has 0 amide bonds. The monoisotopic (exact) mass is 361 g/mol. The van der Waals surface area contributed by atoms with Crippen LogP contribution in [0.3, 0.4) is 0 Å². The van der Waals surface area contributed by atoms with E-state index in [4.69, 9.17) is 11.6 Å². The van der Waals surface area contributed by atoms with Crippen LogP contribution in [0.5, 0.6) is 5.75 Å². The Balaban J connectivity index is 2.14. The van der Waals surface area contributed by atoms with Crippen molar-refractivity contribution in [2.45, 2.75) is 12.5 Å². The molecule has 0 aliphatic carbocycles. The van der Waals surface area contributed by atoms with Gasteiger partial charge in [-0.2, -0.15) is 0 Å². The Kier molecular flexibility index (Phi) is 6.50. The normalized spacial score (nSPS) is 12.6. The number of aliphatic imine (C=N–C) groups is 1. The predicted molar refractivity (Wildman–Crippen MR) is 99.9 cm³/mol. The number of nitrogens with zero attached hydrogens (tertiary/aromatic N) is 3. The first kappa shape index (κ1) is 18.9. The molecular weight excluding hydrogens is 342 g/mol. The van der Waals surface area contributed by atoms with E-state index in [0.29, 0.717) is 6.54 Å². The number of halogens is 1. The minimum atomic E-state index is -0.670. The molecule has 132 valence electrons. The van der Waals surface area contributed by atoms with Gasteiger partial charge >= 0.3 is 5.69 Å². The number of likely N-dealkylation sites (N-methyl/N-ethyl adjacent to an activating group) is 1. The molecule has 2 aromatic carbocycles. The number of hydrogen-bond donors (Lipinski definition) is 1. The number of nitro groups is 1. The molecule has 2 rings (SSSR count). The fraction of sp³-hybridized carbons (Fsp3) is 0.278. The standard InChI is InChI=1S/C18H20ClN3O3/c1-21(2)16(8-13-6-4-3-5-7-13)12-20-11-14-9-15(19)10-17(18(14)23)22(24)25/h3-7,9-11,16,23H,8,12H2,1-2H3/t16-/m1/s1. The molecule has 1 N–H and O–H groups in total. The Bertz CT molecular complexity index is 764. The van der Waals surface area contributed by atoms with Crippen molar-refractivity contribution in [1.82, 2.24) is 4.90 Å². The number of aromatic hydroxyl groups is 1. The first-order chi connectivity index (χ1) is 11.9. The van der Waals surface area contributed by atoms with E-state index < -0.39 is 16.4 Å². The van der Waals surface area contributed by atoms with Gasteiger partial charge in [-0.1, -0.05) is 41.9 Å². The lowest BCUT2D eigenvalue weighted by Gasteiger charge is -2.22. The van der Waals surface area contributed by atoms with Crippen LogP contribution in [-0.2, 0) is 6.42 Å². The Morgan fingerprint density at radius 1 is 1.32 bits per heavy atom. The molecule has 0 aliphatic rings. The summed E-state index contributed by atoms with van der Waals surface area (Å²) in [5.74, 6) is -0.428. The minimum absolute atomic E-state index is 0.162.